The number of rotatable bonds is 1. The van der Waals surface area contributed by atoms with E-state index in [1.165, 1.54) is 0 Å². The highest BCUT2D eigenvalue weighted by molar-refractivity contribution is 9.09. The molecule has 0 fully saturated rings. The lowest BCUT2D eigenvalue weighted by Gasteiger charge is -2.24. The first-order valence-electron chi connectivity index (χ1n) is 6.27. The summed E-state index contributed by atoms with van der Waals surface area (Å²) in [7, 11) is 0. The normalized spacial score (nSPS) is 21.7. The van der Waals surface area contributed by atoms with Gasteiger partial charge in [0.2, 0.25) is 0 Å². The van der Waals surface area contributed by atoms with E-state index in [1.54, 1.807) is 23.1 Å². The molecule has 0 radical (unpaired) electrons. The van der Waals surface area contributed by atoms with Gasteiger partial charge in [0.15, 0.2) is 5.16 Å². The molecule has 3 nitrogen and oxygen atoms in total. The molecule has 0 aliphatic carbocycles. The van der Waals surface area contributed by atoms with Gasteiger partial charge in [-0.1, -0.05) is 45.9 Å². The molecule has 3 heterocycles. The van der Waals surface area contributed by atoms with Crippen LogP contribution in [-0.4, -0.2) is 20.6 Å². The van der Waals surface area contributed by atoms with E-state index in [4.69, 9.17) is 0 Å². The molecule has 1 unspecified atom stereocenters. The van der Waals surface area contributed by atoms with Crippen molar-refractivity contribution in [2.75, 3.05) is 11.1 Å². The van der Waals surface area contributed by atoms with Gasteiger partial charge in [0.1, 0.15) is 4.83 Å². The fourth-order valence-electron chi connectivity index (χ4n) is 2.63. The Kier molecular flexibility index (Phi) is 2.78. The molecule has 102 valence electrons. The quantitative estimate of drug-likeness (QED) is 0.484. The Morgan fingerprint density at radius 2 is 2.25 bits per heavy atom. The van der Waals surface area contributed by atoms with Gasteiger partial charge in [-0.2, -0.15) is 4.98 Å². The maximum Gasteiger partial charge on any atom is 0.283 e. The Morgan fingerprint density at radius 3 is 3.05 bits per heavy atom. The van der Waals surface area contributed by atoms with Crippen molar-refractivity contribution in [3.8, 4) is 0 Å². The fourth-order valence-corrected chi connectivity index (χ4v) is 5.99. The van der Waals surface area contributed by atoms with Crippen LogP contribution in [0.5, 0.6) is 0 Å². The summed E-state index contributed by atoms with van der Waals surface area (Å²) in [6.07, 6.45) is 0. The van der Waals surface area contributed by atoms with Gasteiger partial charge in [0, 0.05) is 21.2 Å². The number of alkyl halides is 1. The average Bonchev–Trinajstić information content (AvgIpc) is 2.98. The Morgan fingerprint density at radius 1 is 1.45 bits per heavy atom. The van der Waals surface area contributed by atoms with Crippen LogP contribution in [0.1, 0.15) is 6.92 Å². The van der Waals surface area contributed by atoms with Gasteiger partial charge in [-0.05, 0) is 13.0 Å². The molecule has 1 aliphatic rings. The zero-order valence-electron chi connectivity index (χ0n) is 10.7. The zero-order valence-corrected chi connectivity index (χ0v) is 13.9. The second kappa shape index (κ2) is 4.32. The summed E-state index contributed by atoms with van der Waals surface area (Å²) in [5.74, 6) is 0.943. The summed E-state index contributed by atoms with van der Waals surface area (Å²) in [6, 6.07) is 8.07. The van der Waals surface area contributed by atoms with E-state index < -0.39 is 0 Å². The fraction of sp³-hybridized carbons (Fsp3) is 0.286. The number of nitrogens with zero attached hydrogens (tertiary/aromatic N) is 2. The van der Waals surface area contributed by atoms with Gasteiger partial charge < -0.3 is 4.57 Å². The number of hydrogen-bond acceptors (Lipinski definition) is 4. The highest BCUT2D eigenvalue weighted by atomic mass is 79.9. The first kappa shape index (κ1) is 12.9. The second-order valence-electron chi connectivity index (χ2n) is 5.23. The van der Waals surface area contributed by atoms with E-state index >= 15 is 0 Å². The molecule has 6 heteroatoms. The summed E-state index contributed by atoms with van der Waals surface area (Å²) in [5.41, 5.74) is -0.130. The van der Waals surface area contributed by atoms with Gasteiger partial charge in [-0.15, -0.1) is 11.3 Å². The van der Waals surface area contributed by atoms with E-state index in [2.05, 4.69) is 38.5 Å². The Bertz CT molecular complexity index is 901. The predicted octanol–water partition coefficient (Wildman–Crippen LogP) is 3.83. The van der Waals surface area contributed by atoms with Crippen molar-refractivity contribution >= 4 is 59.3 Å². The molecular weight excluding hydrogens is 356 g/mol. The minimum Gasteiger partial charge on any atom is -0.304 e. The molecule has 0 bridgehead atoms. The second-order valence-corrected chi connectivity index (χ2v) is 7.77. The minimum absolute atomic E-state index is 0.0280. The number of hydrogen-bond donors (Lipinski definition) is 0. The summed E-state index contributed by atoms with van der Waals surface area (Å²) < 4.78 is 3.39. The molecule has 1 aromatic carbocycles. The smallest absolute Gasteiger partial charge is 0.283 e. The van der Waals surface area contributed by atoms with Gasteiger partial charge in [0.25, 0.3) is 5.56 Å². The summed E-state index contributed by atoms with van der Waals surface area (Å²) >= 11 is 6.97. The van der Waals surface area contributed by atoms with Crippen LogP contribution >= 0.6 is 39.0 Å². The molecule has 20 heavy (non-hydrogen) atoms. The number of thioether (sulfide) groups is 1. The number of fused-ring (bicyclic) bond motifs is 5. The summed E-state index contributed by atoms with van der Waals surface area (Å²) in [4.78, 5) is 17.7. The van der Waals surface area contributed by atoms with Crippen LogP contribution in [0.25, 0.3) is 20.3 Å². The average molecular weight is 367 g/mol. The molecule has 1 atom stereocenters. The number of halogens is 1. The Hall–Kier alpha value is -0.850. The van der Waals surface area contributed by atoms with E-state index in [9.17, 15) is 4.79 Å². The van der Waals surface area contributed by atoms with Crippen molar-refractivity contribution in [2.45, 2.75) is 17.6 Å². The molecule has 2 aromatic heterocycles. The maximum absolute atomic E-state index is 12.4. The molecule has 0 spiro atoms. The van der Waals surface area contributed by atoms with E-state index in [1.807, 2.05) is 18.2 Å². The van der Waals surface area contributed by atoms with Crippen molar-refractivity contribution in [2.24, 2.45) is 0 Å². The minimum atomic E-state index is -0.102. The topological polar surface area (TPSA) is 34.9 Å². The standard InChI is InChI=1S/C14H11BrN2OS2/c1-14(6-15)7-19-13-16-11(18)10-8-4-2-3-5-9(8)20-12(10)17(13)14/h2-5H,6-7H2,1H3. The summed E-state index contributed by atoms with van der Waals surface area (Å²) in [6.45, 7) is 2.21. The maximum atomic E-state index is 12.4. The highest BCUT2D eigenvalue weighted by Crippen LogP contribution is 2.42. The monoisotopic (exact) mass is 366 g/mol. The van der Waals surface area contributed by atoms with Crippen molar-refractivity contribution < 1.29 is 0 Å². The lowest BCUT2D eigenvalue weighted by Crippen LogP contribution is -2.32. The number of thiophene rings is 1. The first-order chi connectivity index (χ1) is 9.64. The predicted molar refractivity (Wildman–Crippen MR) is 89.6 cm³/mol. The lowest BCUT2D eigenvalue weighted by atomic mass is 10.1. The van der Waals surface area contributed by atoms with Crippen LogP contribution in [0.15, 0.2) is 34.2 Å². The van der Waals surface area contributed by atoms with Gasteiger partial charge in [-0.3, -0.25) is 4.79 Å². The van der Waals surface area contributed by atoms with Crippen molar-refractivity contribution in [1.82, 2.24) is 9.55 Å². The van der Waals surface area contributed by atoms with Crippen LogP contribution in [0.3, 0.4) is 0 Å². The van der Waals surface area contributed by atoms with Crippen molar-refractivity contribution in [3.05, 3.63) is 34.6 Å². The Balaban J connectivity index is 2.24. The molecule has 4 rings (SSSR count). The largest absolute Gasteiger partial charge is 0.304 e. The van der Waals surface area contributed by atoms with Crippen molar-refractivity contribution in [3.63, 3.8) is 0 Å². The Labute approximate surface area is 132 Å². The number of benzene rings is 1. The van der Waals surface area contributed by atoms with Gasteiger partial charge in [-0.25, -0.2) is 0 Å². The van der Waals surface area contributed by atoms with E-state index in [-0.39, 0.29) is 11.1 Å². The summed E-state index contributed by atoms with van der Waals surface area (Å²) in [5, 5.41) is 3.49. The van der Waals surface area contributed by atoms with Crippen molar-refractivity contribution in [1.29, 1.82) is 0 Å². The molecule has 3 aromatic rings. The van der Waals surface area contributed by atoms with Crippen LogP contribution < -0.4 is 5.56 Å². The van der Waals surface area contributed by atoms with Gasteiger partial charge >= 0.3 is 0 Å². The molecule has 0 saturated heterocycles. The van der Waals surface area contributed by atoms with Gasteiger partial charge in [0.05, 0.1) is 10.9 Å². The molecule has 0 N–H and O–H groups in total. The third kappa shape index (κ3) is 1.58. The van der Waals surface area contributed by atoms with Crippen LogP contribution in [-0.2, 0) is 5.54 Å². The molecular formula is C14H11BrN2OS2. The molecule has 0 saturated carbocycles. The number of aromatic nitrogens is 2. The lowest BCUT2D eigenvalue weighted by molar-refractivity contribution is 0.412. The van der Waals surface area contributed by atoms with E-state index in [0.29, 0.717) is 0 Å². The van der Waals surface area contributed by atoms with E-state index in [0.717, 1.165) is 36.5 Å². The van der Waals surface area contributed by atoms with Crippen LogP contribution in [0, 0.1) is 0 Å². The zero-order chi connectivity index (χ0) is 13.9. The molecule has 1 aliphatic heterocycles. The molecule has 0 amide bonds. The third-order valence-corrected chi connectivity index (χ3v) is 7.38. The van der Waals surface area contributed by atoms with Crippen LogP contribution in [0.4, 0.5) is 0 Å². The first-order valence-corrected chi connectivity index (χ1v) is 9.20. The SMILES string of the molecule is CC1(CBr)CSc2nc(=O)c3c4ccccc4sc3n21. The third-order valence-electron chi connectivity index (χ3n) is 3.72. The van der Waals surface area contributed by atoms with Crippen LogP contribution in [0.2, 0.25) is 0 Å². The highest BCUT2D eigenvalue weighted by Gasteiger charge is 2.36.